The van der Waals surface area contributed by atoms with Gasteiger partial charge in [-0.05, 0) is 51.3 Å². The average molecular weight is 316 g/mol. The van der Waals surface area contributed by atoms with Crippen molar-refractivity contribution >= 4 is 21.8 Å². The highest BCUT2D eigenvalue weighted by molar-refractivity contribution is 8.00. The fraction of sp³-hybridized carbons (Fsp3) is 0.571. The molecule has 20 heavy (non-hydrogen) atoms. The lowest BCUT2D eigenvalue weighted by Crippen LogP contribution is -2.36. The van der Waals surface area contributed by atoms with Gasteiger partial charge in [-0.3, -0.25) is 0 Å². The van der Waals surface area contributed by atoms with Crippen LogP contribution in [-0.4, -0.2) is 33.0 Å². The molecule has 0 atom stereocenters. The van der Waals surface area contributed by atoms with Crippen molar-refractivity contribution in [3.63, 3.8) is 0 Å². The van der Waals surface area contributed by atoms with E-state index in [1.807, 2.05) is 46.2 Å². The number of rotatable bonds is 7. The highest BCUT2D eigenvalue weighted by atomic mass is 32.2. The van der Waals surface area contributed by atoms with Gasteiger partial charge in [0.2, 0.25) is 10.0 Å². The van der Waals surface area contributed by atoms with Gasteiger partial charge in [-0.25, -0.2) is 13.1 Å². The van der Waals surface area contributed by atoms with Gasteiger partial charge in [0.15, 0.2) is 0 Å². The fourth-order valence-corrected chi connectivity index (χ4v) is 3.48. The van der Waals surface area contributed by atoms with Gasteiger partial charge in [0, 0.05) is 17.8 Å². The van der Waals surface area contributed by atoms with Crippen LogP contribution in [0, 0.1) is 6.92 Å². The molecule has 0 spiro atoms. The molecule has 0 aromatic heterocycles. The molecule has 6 heteroatoms. The molecule has 0 amide bonds. The Bertz CT molecular complexity index is 554. The zero-order chi connectivity index (χ0) is 15.4. The van der Waals surface area contributed by atoms with E-state index in [2.05, 4.69) is 10.0 Å². The van der Waals surface area contributed by atoms with E-state index in [4.69, 9.17) is 0 Å². The van der Waals surface area contributed by atoms with E-state index in [1.165, 1.54) is 0 Å². The van der Waals surface area contributed by atoms with Gasteiger partial charge in [-0.15, -0.1) is 0 Å². The molecule has 0 radical (unpaired) electrons. The summed E-state index contributed by atoms with van der Waals surface area (Å²) in [5, 5.41) is 3.03. The average Bonchev–Trinajstić information content (AvgIpc) is 2.39. The predicted molar refractivity (Wildman–Crippen MR) is 86.7 cm³/mol. The number of hydrogen-bond acceptors (Lipinski definition) is 4. The van der Waals surface area contributed by atoms with Crippen LogP contribution in [0.2, 0.25) is 0 Å². The summed E-state index contributed by atoms with van der Waals surface area (Å²) in [6.07, 6.45) is 1.98. The van der Waals surface area contributed by atoms with Crippen LogP contribution in [0.1, 0.15) is 25.0 Å². The minimum absolute atomic E-state index is 0.121. The molecule has 0 heterocycles. The lowest BCUT2D eigenvalue weighted by atomic mass is 10.1. The molecule has 0 saturated carbocycles. The van der Waals surface area contributed by atoms with Crippen molar-refractivity contribution in [3.05, 3.63) is 29.3 Å². The van der Waals surface area contributed by atoms with E-state index in [1.54, 1.807) is 17.8 Å². The largest absolute Gasteiger partial charge is 0.316 e. The number of aryl methyl sites for hydroxylation is 1. The number of nitrogens with one attached hydrogen (secondary N) is 2. The molecule has 114 valence electrons. The summed E-state index contributed by atoms with van der Waals surface area (Å²) in [5.41, 5.74) is 1.72. The second-order valence-corrected chi connectivity index (χ2v) is 8.67. The third kappa shape index (κ3) is 4.77. The maximum Gasteiger partial charge on any atom is 0.240 e. The first-order chi connectivity index (χ1) is 9.22. The zero-order valence-corrected chi connectivity index (χ0v) is 14.4. The highest BCUT2D eigenvalue weighted by Gasteiger charge is 2.22. The van der Waals surface area contributed by atoms with Gasteiger partial charge in [0.25, 0.3) is 0 Å². The molecule has 0 unspecified atom stereocenters. The molecule has 0 saturated heterocycles. The van der Waals surface area contributed by atoms with Crippen molar-refractivity contribution in [1.82, 2.24) is 10.0 Å². The molecule has 0 bridgehead atoms. The Kier molecular flexibility index (Phi) is 6.06. The van der Waals surface area contributed by atoms with Crippen LogP contribution in [0.3, 0.4) is 0 Å². The predicted octanol–water partition coefficient (Wildman–Crippen LogP) is 2.13. The highest BCUT2D eigenvalue weighted by Crippen LogP contribution is 2.22. The van der Waals surface area contributed by atoms with Crippen LogP contribution < -0.4 is 10.0 Å². The van der Waals surface area contributed by atoms with Gasteiger partial charge in [-0.2, -0.15) is 11.8 Å². The third-order valence-corrected chi connectivity index (χ3v) is 5.96. The fourth-order valence-electron chi connectivity index (χ4n) is 1.67. The van der Waals surface area contributed by atoms with Crippen LogP contribution in [0.5, 0.6) is 0 Å². The van der Waals surface area contributed by atoms with Crippen LogP contribution in [0.25, 0.3) is 0 Å². The summed E-state index contributed by atoms with van der Waals surface area (Å²) < 4.78 is 27.4. The Morgan fingerprint density at radius 3 is 2.50 bits per heavy atom. The monoisotopic (exact) mass is 316 g/mol. The minimum atomic E-state index is -3.47. The zero-order valence-electron chi connectivity index (χ0n) is 12.8. The van der Waals surface area contributed by atoms with Crippen LogP contribution in [-0.2, 0) is 16.6 Å². The first-order valence-corrected chi connectivity index (χ1v) is 9.21. The molecule has 1 aromatic rings. The topological polar surface area (TPSA) is 58.2 Å². The van der Waals surface area contributed by atoms with Gasteiger partial charge >= 0.3 is 0 Å². The summed E-state index contributed by atoms with van der Waals surface area (Å²) >= 11 is 1.64. The Labute approximate surface area is 126 Å². The maximum absolute atomic E-state index is 12.4. The van der Waals surface area contributed by atoms with E-state index in [9.17, 15) is 8.42 Å². The first-order valence-electron chi connectivity index (χ1n) is 6.51. The molecule has 0 aliphatic heterocycles. The number of hydrogen-bond donors (Lipinski definition) is 2. The molecule has 0 aliphatic carbocycles. The molecular weight excluding hydrogens is 292 g/mol. The van der Waals surface area contributed by atoms with Crippen molar-refractivity contribution in [2.75, 3.05) is 19.8 Å². The molecule has 0 fully saturated rings. The molecule has 1 rings (SSSR count). The van der Waals surface area contributed by atoms with Crippen molar-refractivity contribution in [2.24, 2.45) is 0 Å². The van der Waals surface area contributed by atoms with Gasteiger partial charge in [0.05, 0.1) is 4.90 Å². The number of sulfonamides is 1. The van der Waals surface area contributed by atoms with Crippen LogP contribution in [0.15, 0.2) is 23.1 Å². The molecular formula is C14H24N2O2S2. The standard InChI is InChI=1S/C14H24N2O2S2/c1-11-6-7-12(9-15-4)8-13(11)20(17,18)16-10-14(2,3)19-5/h6-8,15-16H,9-10H2,1-5H3. The molecule has 1 aromatic carbocycles. The Morgan fingerprint density at radius 2 is 1.95 bits per heavy atom. The summed E-state index contributed by atoms with van der Waals surface area (Å²) in [5.74, 6) is 0. The third-order valence-electron chi connectivity index (χ3n) is 3.16. The van der Waals surface area contributed by atoms with Crippen molar-refractivity contribution < 1.29 is 8.42 Å². The number of thioether (sulfide) groups is 1. The summed E-state index contributed by atoms with van der Waals surface area (Å²) in [7, 11) is -1.63. The van der Waals surface area contributed by atoms with Crippen LogP contribution >= 0.6 is 11.8 Å². The second kappa shape index (κ2) is 6.93. The summed E-state index contributed by atoms with van der Waals surface area (Å²) in [6.45, 7) is 6.91. The number of benzene rings is 1. The van der Waals surface area contributed by atoms with Gasteiger partial charge in [-0.1, -0.05) is 12.1 Å². The lowest BCUT2D eigenvalue weighted by Gasteiger charge is -2.22. The molecule has 2 N–H and O–H groups in total. The smallest absolute Gasteiger partial charge is 0.240 e. The summed E-state index contributed by atoms with van der Waals surface area (Å²) in [6, 6.07) is 5.53. The molecule has 0 aliphatic rings. The maximum atomic E-state index is 12.4. The van der Waals surface area contributed by atoms with E-state index in [-0.39, 0.29) is 4.75 Å². The quantitative estimate of drug-likeness (QED) is 0.809. The minimum Gasteiger partial charge on any atom is -0.316 e. The van der Waals surface area contributed by atoms with E-state index >= 15 is 0 Å². The normalized spacial score (nSPS) is 12.7. The van der Waals surface area contributed by atoms with Gasteiger partial charge < -0.3 is 5.32 Å². The summed E-state index contributed by atoms with van der Waals surface area (Å²) in [4.78, 5) is 0.363. The van der Waals surface area contributed by atoms with Gasteiger partial charge in [0.1, 0.15) is 0 Å². The Hall–Kier alpha value is -0.560. The van der Waals surface area contributed by atoms with Crippen molar-refractivity contribution in [3.8, 4) is 0 Å². The van der Waals surface area contributed by atoms with Crippen LogP contribution in [0.4, 0.5) is 0 Å². The second-order valence-electron chi connectivity index (χ2n) is 5.42. The first kappa shape index (κ1) is 17.5. The Morgan fingerprint density at radius 1 is 1.30 bits per heavy atom. The molecule has 4 nitrogen and oxygen atoms in total. The Balaban J connectivity index is 3.00. The lowest BCUT2D eigenvalue weighted by molar-refractivity contribution is 0.570. The van der Waals surface area contributed by atoms with E-state index in [0.29, 0.717) is 18.0 Å². The van der Waals surface area contributed by atoms with E-state index in [0.717, 1.165) is 11.1 Å². The van der Waals surface area contributed by atoms with Crippen molar-refractivity contribution in [2.45, 2.75) is 37.0 Å². The van der Waals surface area contributed by atoms with Crippen molar-refractivity contribution in [1.29, 1.82) is 0 Å². The van der Waals surface area contributed by atoms with E-state index < -0.39 is 10.0 Å². The SMILES string of the molecule is CNCc1ccc(C)c(S(=O)(=O)NCC(C)(C)SC)c1.